The average molecular weight is 328 g/mol. The van der Waals surface area contributed by atoms with Crippen molar-refractivity contribution in [2.45, 2.75) is 0 Å². The average Bonchev–Trinajstić information content (AvgIpc) is 1.00. The molecule has 0 aromatic heterocycles. The van der Waals surface area contributed by atoms with E-state index in [2.05, 4.69) is 12.5 Å². The molecule has 1 nitrogen and oxygen atoms in total. The Balaban J connectivity index is -0.00000000500. The molecule has 0 saturated heterocycles. The molecule has 4 heavy (non-hydrogen) atoms. The van der Waals surface area contributed by atoms with Crippen LogP contribution in [-0.2, 0) is 12.5 Å². The predicted octanol–water partition coefficient (Wildman–Crippen LogP) is -0.336. The maximum atomic E-state index is 7.83. The van der Waals surface area contributed by atoms with Crippen LogP contribution in [0.3, 0.4) is 0 Å². The van der Waals surface area contributed by atoms with Gasteiger partial charge in [-0.15, -0.1) is 0 Å². The van der Waals surface area contributed by atoms with E-state index in [0.717, 1.165) is 0 Å². The molecule has 0 aromatic carbocycles. The first-order valence-corrected chi connectivity index (χ1v) is 0.500. The van der Waals surface area contributed by atoms with Crippen molar-refractivity contribution in [1.82, 2.24) is 0 Å². The van der Waals surface area contributed by atoms with E-state index in [9.17, 15) is 0 Å². The second kappa shape index (κ2) is 17.1. The number of hydrogen-bond acceptors (Lipinski definition) is 2. The number of hydrogen-bond donors (Lipinski definition) is 0. The van der Waals surface area contributed by atoms with Crippen LogP contribution >= 0.6 is 0 Å². The van der Waals surface area contributed by atoms with Gasteiger partial charge in [-0.05, 0) is 0 Å². The third kappa shape index (κ3) is 8.84. The van der Waals surface area contributed by atoms with E-state index in [1.54, 1.807) is 0 Å². The van der Waals surface area contributed by atoms with Crippen LogP contribution in [0.2, 0.25) is 0 Å². The van der Waals surface area contributed by atoms with Crippen LogP contribution in [0.4, 0.5) is 0 Å². The molecule has 0 aliphatic rings. The van der Waals surface area contributed by atoms with Gasteiger partial charge in [-0.2, -0.15) is 4.21 Å². The fourth-order valence-corrected chi connectivity index (χ4v) is 0. The molecule has 0 bridgehead atoms. The Morgan fingerprint density at radius 3 is 1.00 bits per heavy atom. The van der Waals surface area contributed by atoms with E-state index in [0.29, 0.717) is 0 Å². The fraction of sp³-hybridized carbons (Fsp3) is 0. The normalized spacial score (nSPS) is 1.00. The number of rotatable bonds is 0. The van der Waals surface area contributed by atoms with Crippen LogP contribution in [0.5, 0.6) is 0 Å². The topological polar surface area (TPSA) is 17.1 Å². The quantitative estimate of drug-likeness (QED) is 0.605. The van der Waals surface area contributed by atoms with Gasteiger partial charge in [0.15, 0.2) is 12.5 Å². The molecule has 0 aliphatic carbocycles. The molecule has 0 atom stereocenters. The van der Waals surface area contributed by atoms with Crippen molar-refractivity contribution in [3.05, 3.63) is 0 Å². The molecule has 0 saturated carbocycles. The zero-order valence-electron chi connectivity index (χ0n) is 1.82. The third-order valence-electron chi connectivity index (χ3n) is 0. The van der Waals surface area contributed by atoms with Gasteiger partial charge in [0, 0.05) is 83.5 Å². The predicted molar refractivity (Wildman–Crippen MR) is 8.14 cm³/mol. The van der Waals surface area contributed by atoms with Gasteiger partial charge in [-0.3, -0.25) is 0 Å². The van der Waals surface area contributed by atoms with Gasteiger partial charge in [0.05, 0.1) is 0 Å². The van der Waals surface area contributed by atoms with E-state index in [1.807, 2.05) is 0 Å². The maximum absolute atomic E-state index is 7.83. The molecule has 0 spiro atoms. The summed E-state index contributed by atoms with van der Waals surface area (Å²) < 4.78 is 7.83. The first-order valence-electron chi connectivity index (χ1n) is 0.167. The van der Waals surface area contributed by atoms with Crippen molar-refractivity contribution in [2.75, 3.05) is 0 Å². The van der Waals surface area contributed by atoms with Gasteiger partial charge < -0.3 is 0 Å². The van der Waals surface area contributed by atoms with Crippen molar-refractivity contribution >= 4 is 12.5 Å². The molecular formula is Ce2OS. The van der Waals surface area contributed by atoms with Crippen molar-refractivity contribution in [3.8, 4) is 0 Å². The molecule has 0 amide bonds. The summed E-state index contributed by atoms with van der Waals surface area (Å²) in [6.07, 6.45) is 0. The standard InChI is InChI=1S/2Ce.OS/c;;1-2. The summed E-state index contributed by atoms with van der Waals surface area (Å²) in [5, 5.41) is 0. The molecule has 0 radical (unpaired) electrons. The van der Waals surface area contributed by atoms with Crippen LogP contribution < -0.4 is 0 Å². The molecule has 4 heteroatoms. The fourth-order valence-electron chi connectivity index (χ4n) is 0. The maximum Gasteiger partial charge on any atom is 0.197 e. The van der Waals surface area contributed by atoms with Crippen molar-refractivity contribution in [3.63, 3.8) is 0 Å². The molecular weight excluding hydrogens is 328 g/mol. The summed E-state index contributed by atoms with van der Waals surface area (Å²) in [6.45, 7) is 0. The minimum absolute atomic E-state index is 0. The van der Waals surface area contributed by atoms with E-state index in [1.165, 1.54) is 0 Å². The largest absolute Gasteiger partial charge is 0.197 e. The zero-order chi connectivity index (χ0) is 2.00. The van der Waals surface area contributed by atoms with Gasteiger partial charge in [0.1, 0.15) is 0 Å². The summed E-state index contributed by atoms with van der Waals surface area (Å²) >= 11 is 2.83. The minimum Gasteiger partial charge on any atom is -0.197 e. The van der Waals surface area contributed by atoms with Crippen LogP contribution in [-0.4, -0.2) is 4.21 Å². The Morgan fingerprint density at radius 1 is 1.00 bits per heavy atom. The molecule has 0 aromatic rings. The van der Waals surface area contributed by atoms with E-state index in [4.69, 9.17) is 4.21 Å². The first-order chi connectivity index (χ1) is 1.00. The summed E-state index contributed by atoms with van der Waals surface area (Å²) in [4.78, 5) is 0. The van der Waals surface area contributed by atoms with Gasteiger partial charge in [-0.25, -0.2) is 0 Å². The first kappa shape index (κ1) is 15.9. The third-order valence-corrected chi connectivity index (χ3v) is 0. The summed E-state index contributed by atoms with van der Waals surface area (Å²) in [6, 6.07) is 0. The van der Waals surface area contributed by atoms with E-state index < -0.39 is 0 Å². The van der Waals surface area contributed by atoms with Gasteiger partial charge in [-0.1, -0.05) is 0 Å². The van der Waals surface area contributed by atoms with Gasteiger partial charge in [0.25, 0.3) is 0 Å². The zero-order valence-corrected chi connectivity index (χ0v) is 8.91. The Bertz CT molecular complexity index is 6.00. The van der Waals surface area contributed by atoms with Gasteiger partial charge >= 0.3 is 0 Å². The van der Waals surface area contributed by atoms with Crippen LogP contribution in [0, 0.1) is 83.5 Å². The van der Waals surface area contributed by atoms with Crippen molar-refractivity contribution < 1.29 is 87.7 Å². The molecule has 0 unspecified atom stereocenters. The molecule has 0 fully saturated rings. The summed E-state index contributed by atoms with van der Waals surface area (Å²) in [7, 11) is 0. The monoisotopic (exact) mass is 328 g/mol. The van der Waals surface area contributed by atoms with Crippen LogP contribution in [0.25, 0.3) is 0 Å². The van der Waals surface area contributed by atoms with E-state index in [-0.39, 0.29) is 83.5 Å². The Labute approximate surface area is 97.6 Å². The molecule has 0 rings (SSSR count). The Hall–Kier alpha value is 2.77. The minimum atomic E-state index is 0. The second-order valence-corrected chi connectivity index (χ2v) is 0. The SMILES string of the molecule is O=S.[Ce].[Ce]. The van der Waals surface area contributed by atoms with Crippen LogP contribution in [0.15, 0.2) is 0 Å². The second-order valence-electron chi connectivity index (χ2n) is 0. The summed E-state index contributed by atoms with van der Waals surface area (Å²) in [5.74, 6) is 0. The molecule has 0 heterocycles. The van der Waals surface area contributed by atoms with Crippen LogP contribution in [0.1, 0.15) is 0 Å². The van der Waals surface area contributed by atoms with E-state index >= 15 is 0 Å². The van der Waals surface area contributed by atoms with Crippen molar-refractivity contribution in [2.24, 2.45) is 0 Å². The molecule has 20 valence electrons. The molecule has 0 aliphatic heterocycles. The molecule has 0 N–H and O–H groups in total. The summed E-state index contributed by atoms with van der Waals surface area (Å²) in [5.41, 5.74) is 0. The van der Waals surface area contributed by atoms with Crippen molar-refractivity contribution in [1.29, 1.82) is 0 Å². The Morgan fingerprint density at radius 2 is 1.00 bits per heavy atom. The van der Waals surface area contributed by atoms with Gasteiger partial charge in [0.2, 0.25) is 0 Å². The Kier molecular flexibility index (Phi) is 67.8. The smallest absolute Gasteiger partial charge is 0.197 e.